The van der Waals surface area contributed by atoms with Crippen LogP contribution in [0.5, 0.6) is 5.75 Å². The monoisotopic (exact) mass is 401 g/mol. The summed E-state index contributed by atoms with van der Waals surface area (Å²) in [6.07, 6.45) is 1.47. The van der Waals surface area contributed by atoms with Crippen molar-refractivity contribution in [1.29, 1.82) is 0 Å². The standard InChI is InChI=1S/C20H19NO6S/c1-26-19-7-3-2-5-16(19)14-28(24,25)21(13-18-6-4-12-27-18)17-10-8-15(9-11-17)20(22)23/h2-12H,13-14H2,1H3,(H,22,23). The van der Waals surface area contributed by atoms with Crippen molar-refractivity contribution in [2.75, 3.05) is 11.4 Å². The molecule has 0 aliphatic carbocycles. The first-order valence-corrected chi connectivity index (χ1v) is 9.99. The van der Waals surface area contributed by atoms with Crippen LogP contribution in [-0.2, 0) is 22.3 Å². The van der Waals surface area contributed by atoms with E-state index in [-0.39, 0.29) is 17.9 Å². The second-order valence-corrected chi connectivity index (χ2v) is 7.90. The summed E-state index contributed by atoms with van der Waals surface area (Å²) in [5.41, 5.74) is 0.941. The Balaban J connectivity index is 1.98. The molecule has 0 radical (unpaired) electrons. The molecule has 1 N–H and O–H groups in total. The number of ether oxygens (including phenoxy) is 1. The molecule has 0 saturated heterocycles. The Kier molecular flexibility index (Phi) is 5.70. The summed E-state index contributed by atoms with van der Waals surface area (Å²) in [6.45, 7) is -0.0170. The zero-order chi connectivity index (χ0) is 20.1. The third kappa shape index (κ3) is 4.34. The summed E-state index contributed by atoms with van der Waals surface area (Å²) < 4.78 is 38.2. The van der Waals surface area contributed by atoms with Gasteiger partial charge in [-0.25, -0.2) is 13.2 Å². The van der Waals surface area contributed by atoms with Crippen LogP contribution >= 0.6 is 0 Å². The van der Waals surface area contributed by atoms with E-state index in [1.807, 2.05) is 0 Å². The summed E-state index contributed by atoms with van der Waals surface area (Å²) >= 11 is 0. The van der Waals surface area contributed by atoms with Gasteiger partial charge in [-0.3, -0.25) is 4.31 Å². The molecule has 146 valence electrons. The summed E-state index contributed by atoms with van der Waals surface area (Å²) in [6, 6.07) is 15.9. The van der Waals surface area contributed by atoms with Gasteiger partial charge in [-0.15, -0.1) is 0 Å². The molecule has 0 atom stereocenters. The molecule has 0 aliphatic rings. The number of hydrogen-bond acceptors (Lipinski definition) is 5. The number of para-hydroxylation sites is 1. The van der Waals surface area contributed by atoms with Gasteiger partial charge in [-0.2, -0.15) is 0 Å². The first-order valence-electron chi connectivity index (χ1n) is 8.39. The number of furan rings is 1. The molecular formula is C20H19NO6S. The van der Waals surface area contributed by atoms with Crippen molar-refractivity contribution in [3.05, 3.63) is 83.8 Å². The normalized spacial score (nSPS) is 11.2. The molecule has 0 saturated carbocycles. The summed E-state index contributed by atoms with van der Waals surface area (Å²) in [5, 5.41) is 9.07. The van der Waals surface area contributed by atoms with Crippen LogP contribution in [0.3, 0.4) is 0 Å². The van der Waals surface area contributed by atoms with Crippen molar-refractivity contribution in [2.45, 2.75) is 12.3 Å². The first-order chi connectivity index (χ1) is 13.4. The SMILES string of the molecule is COc1ccccc1CS(=O)(=O)N(Cc1ccco1)c1ccc(C(=O)O)cc1. The van der Waals surface area contributed by atoms with E-state index in [1.165, 1.54) is 41.9 Å². The number of rotatable bonds is 8. The molecule has 7 nitrogen and oxygen atoms in total. The minimum Gasteiger partial charge on any atom is -0.496 e. The van der Waals surface area contributed by atoms with Crippen molar-refractivity contribution in [2.24, 2.45) is 0 Å². The maximum Gasteiger partial charge on any atom is 0.335 e. The third-order valence-electron chi connectivity index (χ3n) is 4.15. The van der Waals surface area contributed by atoms with Gasteiger partial charge in [0.2, 0.25) is 10.0 Å². The van der Waals surface area contributed by atoms with Gasteiger partial charge in [0.1, 0.15) is 11.5 Å². The third-order valence-corrected chi connectivity index (χ3v) is 5.84. The van der Waals surface area contributed by atoms with Crippen LogP contribution in [-0.4, -0.2) is 26.6 Å². The van der Waals surface area contributed by atoms with Gasteiger partial charge in [0, 0.05) is 5.56 Å². The Morgan fingerprint density at radius 1 is 1.07 bits per heavy atom. The molecule has 2 aromatic carbocycles. The second-order valence-electron chi connectivity index (χ2n) is 6.01. The molecule has 0 spiro atoms. The van der Waals surface area contributed by atoms with E-state index >= 15 is 0 Å². The minimum absolute atomic E-state index is 0.0170. The Labute approximate surface area is 162 Å². The lowest BCUT2D eigenvalue weighted by atomic mass is 10.2. The lowest BCUT2D eigenvalue weighted by Crippen LogP contribution is -2.31. The molecule has 0 fully saturated rings. The number of benzene rings is 2. The molecule has 3 rings (SSSR count). The number of nitrogens with zero attached hydrogens (tertiary/aromatic N) is 1. The fourth-order valence-electron chi connectivity index (χ4n) is 2.76. The molecule has 0 bridgehead atoms. The van der Waals surface area contributed by atoms with Gasteiger partial charge in [-0.05, 0) is 42.5 Å². The van der Waals surface area contributed by atoms with E-state index in [2.05, 4.69) is 0 Å². The molecule has 28 heavy (non-hydrogen) atoms. The van der Waals surface area contributed by atoms with E-state index in [4.69, 9.17) is 14.3 Å². The molecular weight excluding hydrogens is 382 g/mol. The number of carboxylic acids is 1. The number of sulfonamides is 1. The van der Waals surface area contributed by atoms with Gasteiger partial charge in [-0.1, -0.05) is 18.2 Å². The highest BCUT2D eigenvalue weighted by Crippen LogP contribution is 2.27. The topological polar surface area (TPSA) is 97.1 Å². The van der Waals surface area contributed by atoms with E-state index < -0.39 is 16.0 Å². The lowest BCUT2D eigenvalue weighted by Gasteiger charge is -2.24. The van der Waals surface area contributed by atoms with Crippen LogP contribution in [0.1, 0.15) is 21.7 Å². The quantitative estimate of drug-likeness (QED) is 0.620. The molecule has 3 aromatic rings. The van der Waals surface area contributed by atoms with Gasteiger partial charge in [0.15, 0.2) is 0 Å². The Morgan fingerprint density at radius 2 is 1.79 bits per heavy atom. The number of anilines is 1. The number of carboxylic acid groups (broad SMARTS) is 1. The average molecular weight is 401 g/mol. The molecule has 1 aromatic heterocycles. The highest BCUT2D eigenvalue weighted by atomic mass is 32.2. The molecule has 8 heteroatoms. The largest absolute Gasteiger partial charge is 0.496 e. The summed E-state index contributed by atoms with van der Waals surface area (Å²) in [4.78, 5) is 11.1. The van der Waals surface area contributed by atoms with Gasteiger partial charge in [0.25, 0.3) is 0 Å². The van der Waals surface area contributed by atoms with Crippen LogP contribution in [0.25, 0.3) is 0 Å². The van der Waals surface area contributed by atoms with E-state index in [9.17, 15) is 13.2 Å². The lowest BCUT2D eigenvalue weighted by molar-refractivity contribution is 0.0697. The van der Waals surface area contributed by atoms with Crippen molar-refractivity contribution in [3.63, 3.8) is 0 Å². The van der Waals surface area contributed by atoms with Crippen molar-refractivity contribution in [3.8, 4) is 5.75 Å². The zero-order valence-electron chi connectivity index (χ0n) is 15.1. The maximum atomic E-state index is 13.2. The molecule has 0 aliphatic heterocycles. The smallest absolute Gasteiger partial charge is 0.335 e. The van der Waals surface area contributed by atoms with Gasteiger partial charge < -0.3 is 14.3 Å². The van der Waals surface area contributed by atoms with Crippen LogP contribution in [0, 0.1) is 0 Å². The zero-order valence-corrected chi connectivity index (χ0v) is 15.9. The van der Waals surface area contributed by atoms with E-state index in [1.54, 1.807) is 36.4 Å². The van der Waals surface area contributed by atoms with Crippen molar-refractivity contribution in [1.82, 2.24) is 0 Å². The van der Waals surface area contributed by atoms with Crippen LogP contribution in [0.15, 0.2) is 71.3 Å². The van der Waals surface area contributed by atoms with Crippen LogP contribution < -0.4 is 9.04 Å². The van der Waals surface area contributed by atoms with Gasteiger partial charge >= 0.3 is 5.97 Å². The fraction of sp³-hybridized carbons (Fsp3) is 0.150. The predicted molar refractivity (Wildman–Crippen MR) is 104 cm³/mol. The Morgan fingerprint density at radius 3 is 2.39 bits per heavy atom. The van der Waals surface area contributed by atoms with E-state index in [0.29, 0.717) is 22.8 Å². The summed E-state index contributed by atoms with van der Waals surface area (Å²) in [5.74, 6) is -0.421. The minimum atomic E-state index is -3.82. The number of carbonyl (C=O) groups is 1. The highest BCUT2D eigenvalue weighted by molar-refractivity contribution is 7.92. The van der Waals surface area contributed by atoms with Crippen LogP contribution in [0.4, 0.5) is 5.69 Å². The van der Waals surface area contributed by atoms with Gasteiger partial charge in [0.05, 0.1) is 36.9 Å². The first kappa shape index (κ1) is 19.5. The molecule has 0 amide bonds. The number of hydrogen-bond donors (Lipinski definition) is 1. The Hall–Kier alpha value is -3.26. The predicted octanol–water partition coefficient (Wildman–Crippen LogP) is 3.52. The number of methoxy groups -OCH3 is 1. The molecule has 0 unspecified atom stereocenters. The van der Waals surface area contributed by atoms with Crippen LogP contribution in [0.2, 0.25) is 0 Å². The summed E-state index contributed by atoms with van der Waals surface area (Å²) in [7, 11) is -2.34. The second kappa shape index (κ2) is 8.18. The highest BCUT2D eigenvalue weighted by Gasteiger charge is 2.26. The fourth-order valence-corrected chi connectivity index (χ4v) is 4.32. The van der Waals surface area contributed by atoms with E-state index in [0.717, 1.165) is 0 Å². The van der Waals surface area contributed by atoms with Crippen molar-refractivity contribution < 1.29 is 27.5 Å². The van der Waals surface area contributed by atoms with Crippen molar-refractivity contribution >= 4 is 21.7 Å². The average Bonchev–Trinajstić information content (AvgIpc) is 3.19. The Bertz CT molecular complexity index is 1040. The number of aromatic carboxylic acids is 1. The maximum absolute atomic E-state index is 13.2. The molecule has 1 heterocycles.